The number of hydrogen-bond acceptors (Lipinski definition) is 4. The monoisotopic (exact) mass is 519 g/mol. The maximum absolute atomic E-state index is 6.46. The van der Waals surface area contributed by atoms with Crippen LogP contribution in [0, 0.1) is 6.92 Å². The van der Waals surface area contributed by atoms with E-state index in [-0.39, 0.29) is 12.1 Å². The number of anilines is 1. The Morgan fingerprint density at radius 1 is 1.06 bits per heavy atom. The molecule has 1 N–H and O–H groups in total. The van der Waals surface area contributed by atoms with Crippen molar-refractivity contribution in [3.05, 3.63) is 100 Å². The number of para-hydroxylation sites is 2. The third-order valence-electron chi connectivity index (χ3n) is 5.75. The molecule has 1 fully saturated rings. The van der Waals surface area contributed by atoms with Gasteiger partial charge in [0.15, 0.2) is 5.11 Å². The van der Waals surface area contributed by atoms with Crippen LogP contribution in [0.2, 0.25) is 0 Å². The summed E-state index contributed by atoms with van der Waals surface area (Å²) < 4.78 is 13.1. The van der Waals surface area contributed by atoms with Crippen molar-refractivity contribution in [2.24, 2.45) is 0 Å². The molecule has 0 spiro atoms. The SMILES string of the molecule is COc1ccccc1N1C(=S)N[C@H](c2ccccn2)[C@@H]1c1ccc(-c2ccc(C)cc2Br)o1. The van der Waals surface area contributed by atoms with Gasteiger partial charge in [-0.2, -0.15) is 0 Å². The van der Waals surface area contributed by atoms with Crippen LogP contribution in [-0.4, -0.2) is 17.2 Å². The van der Waals surface area contributed by atoms with Gasteiger partial charge in [0.05, 0.1) is 24.5 Å². The van der Waals surface area contributed by atoms with E-state index in [4.69, 9.17) is 21.4 Å². The summed E-state index contributed by atoms with van der Waals surface area (Å²) in [6.45, 7) is 2.07. The predicted molar refractivity (Wildman–Crippen MR) is 138 cm³/mol. The smallest absolute Gasteiger partial charge is 0.174 e. The molecule has 5 nitrogen and oxygen atoms in total. The zero-order valence-corrected chi connectivity index (χ0v) is 20.6. The molecule has 5 rings (SSSR count). The van der Waals surface area contributed by atoms with Gasteiger partial charge in [-0.25, -0.2) is 0 Å². The molecule has 2 aromatic heterocycles. The number of hydrogen-bond donors (Lipinski definition) is 1. The number of halogens is 1. The van der Waals surface area contributed by atoms with Gasteiger partial charge in [-0.15, -0.1) is 0 Å². The zero-order chi connectivity index (χ0) is 22.9. The Kier molecular flexibility index (Phi) is 5.91. The van der Waals surface area contributed by atoms with Crippen LogP contribution in [0.25, 0.3) is 11.3 Å². The van der Waals surface area contributed by atoms with E-state index in [1.165, 1.54) is 5.56 Å². The molecule has 3 heterocycles. The lowest BCUT2D eigenvalue weighted by Gasteiger charge is -2.27. The molecule has 33 heavy (non-hydrogen) atoms. The van der Waals surface area contributed by atoms with Crippen LogP contribution in [0.1, 0.15) is 29.1 Å². The second kappa shape index (κ2) is 9.00. The van der Waals surface area contributed by atoms with Crippen LogP contribution >= 0.6 is 28.1 Å². The quantitative estimate of drug-likeness (QED) is 0.300. The molecular weight excluding hydrogens is 498 g/mol. The van der Waals surface area contributed by atoms with E-state index in [2.05, 4.69) is 56.3 Å². The van der Waals surface area contributed by atoms with Crippen molar-refractivity contribution >= 4 is 38.9 Å². The largest absolute Gasteiger partial charge is 0.495 e. The fourth-order valence-corrected chi connectivity index (χ4v) is 5.24. The van der Waals surface area contributed by atoms with Crippen molar-refractivity contribution in [3.8, 4) is 17.1 Å². The molecule has 1 aliphatic rings. The maximum atomic E-state index is 6.46. The fourth-order valence-electron chi connectivity index (χ4n) is 4.21. The van der Waals surface area contributed by atoms with Gasteiger partial charge in [-0.05, 0) is 73.2 Å². The summed E-state index contributed by atoms with van der Waals surface area (Å²) >= 11 is 9.47. The number of furan rings is 1. The van der Waals surface area contributed by atoms with Crippen molar-refractivity contribution in [2.75, 3.05) is 12.0 Å². The molecule has 0 amide bonds. The first-order chi connectivity index (χ1) is 16.1. The summed E-state index contributed by atoms with van der Waals surface area (Å²) in [6, 6.07) is 23.5. The molecule has 2 aromatic carbocycles. The number of benzene rings is 2. The van der Waals surface area contributed by atoms with Crippen molar-refractivity contribution in [3.63, 3.8) is 0 Å². The average Bonchev–Trinajstić information content (AvgIpc) is 3.44. The minimum absolute atomic E-state index is 0.191. The number of ether oxygens (including phenoxy) is 1. The lowest BCUT2D eigenvalue weighted by atomic mass is 10.0. The fraction of sp³-hybridized carbons (Fsp3) is 0.154. The number of thiocarbonyl (C=S) groups is 1. The molecule has 0 radical (unpaired) electrons. The molecular formula is C26H22BrN3O2S. The number of aromatic nitrogens is 1. The highest BCUT2D eigenvalue weighted by molar-refractivity contribution is 9.10. The Morgan fingerprint density at radius 2 is 1.88 bits per heavy atom. The summed E-state index contributed by atoms with van der Waals surface area (Å²) in [5.41, 5.74) is 3.94. The predicted octanol–water partition coefficient (Wildman–Crippen LogP) is 6.60. The summed E-state index contributed by atoms with van der Waals surface area (Å²) in [7, 11) is 1.66. The van der Waals surface area contributed by atoms with E-state index in [1.54, 1.807) is 13.3 Å². The summed E-state index contributed by atoms with van der Waals surface area (Å²) in [5.74, 6) is 2.31. The Morgan fingerprint density at radius 3 is 2.64 bits per heavy atom. The van der Waals surface area contributed by atoms with Crippen LogP contribution in [0.5, 0.6) is 5.75 Å². The Bertz CT molecular complexity index is 1310. The third kappa shape index (κ3) is 4.03. The van der Waals surface area contributed by atoms with Gasteiger partial charge in [0.1, 0.15) is 23.3 Å². The van der Waals surface area contributed by atoms with Crippen molar-refractivity contribution in [1.29, 1.82) is 0 Å². The van der Waals surface area contributed by atoms with E-state index in [1.807, 2.05) is 54.6 Å². The van der Waals surface area contributed by atoms with Crippen LogP contribution in [0.15, 0.2) is 87.9 Å². The van der Waals surface area contributed by atoms with Crippen molar-refractivity contribution in [2.45, 2.75) is 19.0 Å². The Labute approximate surface area is 206 Å². The molecule has 1 aliphatic heterocycles. The number of nitrogens with zero attached hydrogens (tertiary/aromatic N) is 2. The average molecular weight is 520 g/mol. The highest BCUT2D eigenvalue weighted by atomic mass is 79.9. The number of nitrogens with one attached hydrogen (secondary N) is 1. The van der Waals surface area contributed by atoms with E-state index >= 15 is 0 Å². The van der Waals surface area contributed by atoms with Gasteiger partial charge in [0.2, 0.25) is 0 Å². The summed E-state index contributed by atoms with van der Waals surface area (Å²) in [6.07, 6.45) is 1.79. The summed E-state index contributed by atoms with van der Waals surface area (Å²) in [5, 5.41) is 4.05. The molecule has 166 valence electrons. The van der Waals surface area contributed by atoms with Gasteiger partial charge in [0, 0.05) is 16.2 Å². The second-order valence-electron chi connectivity index (χ2n) is 7.85. The Hall–Kier alpha value is -3.16. The van der Waals surface area contributed by atoms with Gasteiger partial charge >= 0.3 is 0 Å². The number of rotatable bonds is 5. The van der Waals surface area contributed by atoms with Gasteiger partial charge in [-0.3, -0.25) is 4.98 Å². The topological polar surface area (TPSA) is 50.5 Å². The van der Waals surface area contributed by atoms with E-state index in [0.717, 1.165) is 38.7 Å². The van der Waals surface area contributed by atoms with Gasteiger partial charge in [0.25, 0.3) is 0 Å². The molecule has 0 bridgehead atoms. The minimum Gasteiger partial charge on any atom is -0.495 e. The highest BCUT2D eigenvalue weighted by Gasteiger charge is 2.43. The summed E-state index contributed by atoms with van der Waals surface area (Å²) in [4.78, 5) is 6.66. The van der Waals surface area contributed by atoms with Crippen LogP contribution in [-0.2, 0) is 0 Å². The number of pyridine rings is 1. The van der Waals surface area contributed by atoms with E-state index in [9.17, 15) is 0 Å². The first-order valence-electron chi connectivity index (χ1n) is 10.6. The molecule has 2 atom stereocenters. The molecule has 0 saturated carbocycles. The molecule has 0 unspecified atom stereocenters. The number of aryl methyl sites for hydroxylation is 1. The van der Waals surface area contributed by atoms with Crippen LogP contribution < -0.4 is 15.0 Å². The van der Waals surface area contributed by atoms with Gasteiger partial charge in [-0.1, -0.05) is 40.2 Å². The molecule has 1 saturated heterocycles. The molecule has 0 aliphatic carbocycles. The lowest BCUT2D eigenvalue weighted by molar-refractivity contribution is 0.409. The molecule has 4 aromatic rings. The van der Waals surface area contributed by atoms with E-state index < -0.39 is 0 Å². The van der Waals surface area contributed by atoms with Crippen molar-refractivity contribution < 1.29 is 9.15 Å². The van der Waals surface area contributed by atoms with Gasteiger partial charge < -0.3 is 19.4 Å². The first kappa shape index (κ1) is 21.7. The third-order valence-corrected chi connectivity index (χ3v) is 6.72. The maximum Gasteiger partial charge on any atom is 0.174 e. The van der Waals surface area contributed by atoms with E-state index in [0.29, 0.717) is 5.11 Å². The van der Waals surface area contributed by atoms with Crippen LogP contribution in [0.3, 0.4) is 0 Å². The normalized spacial score (nSPS) is 17.8. The lowest BCUT2D eigenvalue weighted by Crippen LogP contribution is -2.29. The number of methoxy groups -OCH3 is 1. The molecule has 7 heteroatoms. The van der Waals surface area contributed by atoms with Crippen LogP contribution in [0.4, 0.5) is 5.69 Å². The second-order valence-corrected chi connectivity index (χ2v) is 9.09. The Balaban J connectivity index is 1.63. The minimum atomic E-state index is -0.248. The van der Waals surface area contributed by atoms with Crippen molar-refractivity contribution in [1.82, 2.24) is 10.3 Å². The highest BCUT2D eigenvalue weighted by Crippen LogP contribution is 2.45. The standard InChI is InChI=1S/C26H22BrN3O2S/c1-16-10-11-17(18(27)15-16)21-12-13-23(32-21)25-24(19-7-5-6-14-28-19)29-26(33)30(25)20-8-3-4-9-22(20)31-2/h3-15,24-25H,1-2H3,(H,29,33)/t24-,25+/m1/s1. The zero-order valence-electron chi connectivity index (χ0n) is 18.2. The first-order valence-corrected chi connectivity index (χ1v) is 11.8.